The van der Waals surface area contributed by atoms with Crippen LogP contribution in [-0.4, -0.2) is 38.4 Å². The predicted octanol–water partition coefficient (Wildman–Crippen LogP) is 6.73. The predicted molar refractivity (Wildman–Crippen MR) is 142 cm³/mol. The summed E-state index contributed by atoms with van der Waals surface area (Å²) in [6.07, 6.45) is 7.18. The topological polar surface area (TPSA) is 66.6 Å². The van der Waals surface area contributed by atoms with Crippen LogP contribution >= 0.6 is 34.5 Å². The first kappa shape index (κ1) is 27.3. The molecular formula is C24H29BCl2N3O2S. The van der Waals surface area contributed by atoms with Crippen LogP contribution in [0.5, 0.6) is 10.8 Å². The molecule has 1 unspecified atom stereocenters. The van der Waals surface area contributed by atoms with Crippen molar-refractivity contribution in [3.05, 3.63) is 47.0 Å². The highest BCUT2D eigenvalue weighted by atomic mass is 35.5. The smallest absolute Gasteiger partial charge is 0.203 e. The molecule has 0 saturated heterocycles. The first-order chi connectivity index (χ1) is 16.1. The Morgan fingerprint density at radius 2 is 2.18 bits per heavy atom. The van der Waals surface area contributed by atoms with Crippen molar-refractivity contribution in [3.8, 4) is 27.3 Å². The number of ether oxygens (including phenoxy) is 2. The van der Waals surface area contributed by atoms with Gasteiger partial charge < -0.3 is 14.7 Å². The number of rotatable bonds is 14. The number of hydrogen-bond donors (Lipinski definition) is 1. The van der Waals surface area contributed by atoms with Gasteiger partial charge in [-0.2, -0.15) is 5.26 Å². The summed E-state index contributed by atoms with van der Waals surface area (Å²) in [5.41, 5.74) is 2.08. The zero-order valence-electron chi connectivity index (χ0n) is 19.2. The lowest BCUT2D eigenvalue weighted by molar-refractivity contribution is 0.342. The normalized spacial score (nSPS) is 12.5. The molecule has 0 bridgehead atoms. The highest BCUT2D eigenvalue weighted by Gasteiger charge is 2.14. The minimum Gasteiger partial charge on any atom is -0.489 e. The molecule has 1 heterocycles. The lowest BCUT2D eigenvalue weighted by Gasteiger charge is -2.14. The van der Waals surface area contributed by atoms with E-state index in [1.54, 1.807) is 12.1 Å². The van der Waals surface area contributed by atoms with Gasteiger partial charge in [0.1, 0.15) is 19.3 Å². The van der Waals surface area contributed by atoms with E-state index in [2.05, 4.69) is 18.2 Å². The van der Waals surface area contributed by atoms with E-state index in [1.807, 2.05) is 45.4 Å². The zero-order chi connectivity index (χ0) is 24.1. The second-order valence-electron chi connectivity index (χ2n) is 7.13. The molecule has 1 N–H and O–H groups in total. The Balaban J connectivity index is 2.15. The van der Waals surface area contributed by atoms with Crippen LogP contribution in [0.3, 0.4) is 0 Å². The van der Waals surface area contributed by atoms with Crippen molar-refractivity contribution in [1.82, 2.24) is 5.23 Å². The third-order valence-corrected chi connectivity index (χ3v) is 6.07. The van der Waals surface area contributed by atoms with Gasteiger partial charge in [0, 0.05) is 4.88 Å². The Morgan fingerprint density at radius 1 is 1.36 bits per heavy atom. The molecule has 5 nitrogen and oxygen atoms in total. The van der Waals surface area contributed by atoms with Crippen molar-refractivity contribution in [2.45, 2.75) is 46.1 Å². The number of allylic oxidation sites excluding steroid dienone is 1. The highest BCUT2D eigenvalue weighted by molar-refractivity contribution is 7.17. The molecule has 0 aliphatic carbocycles. The van der Waals surface area contributed by atoms with Crippen LogP contribution in [0.4, 0.5) is 0 Å². The van der Waals surface area contributed by atoms with E-state index in [1.165, 1.54) is 11.3 Å². The number of nitrogens with zero attached hydrogens (tertiary/aromatic N) is 2. The number of alkyl halides is 1. The minimum atomic E-state index is 0.0368. The Bertz CT molecular complexity index is 989. The van der Waals surface area contributed by atoms with Gasteiger partial charge in [-0.25, -0.2) is 0 Å². The van der Waals surface area contributed by atoms with Gasteiger partial charge in [0.05, 0.1) is 28.3 Å². The first-order valence-corrected chi connectivity index (χ1v) is 12.7. The number of unbranched alkanes of at least 4 members (excludes halogenated alkanes) is 1. The molecule has 33 heavy (non-hydrogen) atoms. The Hall–Kier alpha value is -1.98. The number of aliphatic imine (C=N–C) groups is 1. The van der Waals surface area contributed by atoms with Gasteiger partial charge in [-0.3, -0.25) is 4.99 Å². The largest absolute Gasteiger partial charge is 0.489 e. The number of thiophene rings is 1. The quantitative estimate of drug-likeness (QED) is 0.176. The number of benzene rings is 1. The summed E-state index contributed by atoms with van der Waals surface area (Å²) in [6, 6.07) is 9.58. The number of hydrogen-bond acceptors (Lipinski definition) is 6. The Labute approximate surface area is 211 Å². The standard InChI is InChI=1S/C24H29BCl2N3O2S/c1-4-6-8-22(30-25-3)29-19(7-5-2)16-32-23-10-9-21(33-23)17-13-18(15-28)24(20(27)14-17)31-12-11-26/h5,7,9-10,13-14,22,30H,4,6,8,11-12,16H2,1-3H3/b7-5-,29-19+. The summed E-state index contributed by atoms with van der Waals surface area (Å²) in [4.78, 5) is 5.78. The van der Waals surface area contributed by atoms with Gasteiger partial charge in [0.2, 0.25) is 7.41 Å². The fourth-order valence-electron chi connectivity index (χ4n) is 3.10. The summed E-state index contributed by atoms with van der Waals surface area (Å²) in [5.74, 6) is 0.679. The number of nitrogens with one attached hydrogen (secondary N) is 1. The van der Waals surface area contributed by atoms with Crippen molar-refractivity contribution in [2.24, 2.45) is 4.99 Å². The Morgan fingerprint density at radius 3 is 2.85 bits per heavy atom. The van der Waals surface area contributed by atoms with Crippen molar-refractivity contribution in [3.63, 3.8) is 0 Å². The molecule has 0 aliphatic rings. The number of halogens is 2. The van der Waals surface area contributed by atoms with Gasteiger partial charge in [0.25, 0.3) is 0 Å². The fourth-order valence-corrected chi connectivity index (χ4v) is 4.29. The SMILES string of the molecule is C[B]NC(CCCC)/N=C(\C=C/C)COc1ccc(-c2cc(Cl)c(OCCCl)c(C#N)c2)s1. The molecule has 0 saturated carbocycles. The summed E-state index contributed by atoms with van der Waals surface area (Å²) in [7, 11) is 1.93. The van der Waals surface area contributed by atoms with E-state index in [9.17, 15) is 5.26 Å². The maximum atomic E-state index is 9.51. The second-order valence-corrected chi connectivity index (χ2v) is 8.96. The molecule has 1 aromatic heterocycles. The minimum absolute atomic E-state index is 0.0368. The second kappa shape index (κ2) is 15.0. The average molecular weight is 505 g/mol. The number of nitriles is 1. The molecule has 0 fully saturated rings. The van der Waals surface area contributed by atoms with Crippen LogP contribution in [-0.2, 0) is 0 Å². The van der Waals surface area contributed by atoms with Crippen molar-refractivity contribution < 1.29 is 9.47 Å². The van der Waals surface area contributed by atoms with Crippen molar-refractivity contribution in [1.29, 1.82) is 5.26 Å². The molecule has 9 heteroatoms. The van der Waals surface area contributed by atoms with Gasteiger partial charge in [-0.05, 0) is 49.2 Å². The molecule has 2 aromatic rings. The fraction of sp³-hybridized carbons (Fsp3) is 0.417. The average Bonchev–Trinajstić information content (AvgIpc) is 3.29. The van der Waals surface area contributed by atoms with Crippen molar-refractivity contribution in [2.75, 3.05) is 19.1 Å². The van der Waals surface area contributed by atoms with Crippen LogP contribution in [0.15, 0.2) is 41.4 Å². The molecule has 1 radical (unpaired) electrons. The van der Waals surface area contributed by atoms with Crippen LogP contribution in [0.1, 0.15) is 38.7 Å². The third-order valence-electron chi connectivity index (χ3n) is 4.59. The maximum absolute atomic E-state index is 9.51. The molecule has 2 rings (SSSR count). The zero-order valence-corrected chi connectivity index (χ0v) is 21.6. The van der Waals surface area contributed by atoms with Gasteiger partial charge >= 0.3 is 0 Å². The first-order valence-electron chi connectivity index (χ1n) is 10.9. The van der Waals surface area contributed by atoms with Crippen LogP contribution in [0.2, 0.25) is 11.8 Å². The molecule has 1 aromatic carbocycles. The van der Waals surface area contributed by atoms with Crippen LogP contribution < -0.4 is 14.7 Å². The summed E-state index contributed by atoms with van der Waals surface area (Å²) >= 11 is 13.5. The van der Waals surface area contributed by atoms with Crippen molar-refractivity contribution >= 4 is 47.7 Å². The monoisotopic (exact) mass is 504 g/mol. The molecular weight excluding hydrogens is 476 g/mol. The van der Waals surface area contributed by atoms with E-state index in [-0.39, 0.29) is 12.8 Å². The van der Waals surface area contributed by atoms with E-state index < -0.39 is 0 Å². The van der Waals surface area contributed by atoms with E-state index >= 15 is 0 Å². The molecule has 0 spiro atoms. The third kappa shape index (κ3) is 8.71. The van der Waals surface area contributed by atoms with Crippen LogP contribution in [0, 0.1) is 11.3 Å². The summed E-state index contributed by atoms with van der Waals surface area (Å²) < 4.78 is 11.6. The Kier molecular flexibility index (Phi) is 12.4. The van der Waals surface area contributed by atoms with Gasteiger partial charge in [0.15, 0.2) is 10.8 Å². The summed E-state index contributed by atoms with van der Waals surface area (Å²) in [5, 5.41) is 14.0. The van der Waals surface area contributed by atoms with Crippen LogP contribution in [0.25, 0.3) is 10.4 Å². The molecule has 0 aliphatic heterocycles. The highest BCUT2D eigenvalue weighted by Crippen LogP contribution is 2.38. The van der Waals surface area contributed by atoms with Gasteiger partial charge in [-0.1, -0.05) is 55.6 Å². The van der Waals surface area contributed by atoms with Gasteiger partial charge in [-0.15, -0.1) is 11.6 Å². The van der Waals surface area contributed by atoms with E-state index in [0.717, 1.165) is 40.5 Å². The van der Waals surface area contributed by atoms with E-state index in [0.29, 0.717) is 28.8 Å². The van der Waals surface area contributed by atoms with E-state index in [4.69, 9.17) is 37.7 Å². The maximum Gasteiger partial charge on any atom is 0.203 e. The lowest BCUT2D eigenvalue weighted by atomic mass is 9.98. The molecule has 175 valence electrons. The molecule has 0 amide bonds. The lowest BCUT2D eigenvalue weighted by Crippen LogP contribution is -2.30. The summed E-state index contributed by atoms with van der Waals surface area (Å²) in [6.45, 7) is 6.76. The molecule has 1 atom stereocenters.